The fourth-order valence-electron chi connectivity index (χ4n) is 2.94. The first-order valence-electron chi connectivity index (χ1n) is 8.70. The van der Waals surface area contributed by atoms with E-state index in [2.05, 4.69) is 10.3 Å². The number of carbonyl (C=O) groups excluding carboxylic acids is 2. The number of nitrogens with zero attached hydrogens (tertiary/aromatic N) is 2. The van der Waals surface area contributed by atoms with Gasteiger partial charge < -0.3 is 20.1 Å². The van der Waals surface area contributed by atoms with Crippen LogP contribution in [0.3, 0.4) is 0 Å². The summed E-state index contributed by atoms with van der Waals surface area (Å²) in [4.78, 5) is 29.8. The summed E-state index contributed by atoms with van der Waals surface area (Å²) in [5.41, 5.74) is 0.543. The quantitative estimate of drug-likeness (QED) is 0.762. The largest absolute Gasteiger partial charge is 0.410 e. The highest BCUT2D eigenvalue weighted by molar-refractivity contribution is 5.86. The van der Waals surface area contributed by atoms with Crippen molar-refractivity contribution in [2.75, 3.05) is 6.54 Å². The van der Waals surface area contributed by atoms with E-state index < -0.39 is 29.4 Å². The van der Waals surface area contributed by atoms with Gasteiger partial charge in [-0.2, -0.15) is 0 Å². The van der Waals surface area contributed by atoms with Crippen LogP contribution < -0.4 is 5.32 Å². The van der Waals surface area contributed by atoms with Gasteiger partial charge >= 0.3 is 6.09 Å². The maximum absolute atomic E-state index is 13.9. The monoisotopic (exact) mass is 391 g/mol. The minimum absolute atomic E-state index is 0.0304. The Morgan fingerprint density at radius 2 is 2.11 bits per heavy atom. The number of alkyl carbamates (subject to hydrolysis) is 1. The van der Waals surface area contributed by atoms with Gasteiger partial charge in [0, 0.05) is 31.3 Å². The van der Waals surface area contributed by atoms with Crippen LogP contribution in [0.15, 0.2) is 42.6 Å². The van der Waals surface area contributed by atoms with E-state index in [1.165, 1.54) is 12.1 Å². The number of aliphatic hydroxyl groups is 1. The van der Waals surface area contributed by atoms with Crippen molar-refractivity contribution in [2.24, 2.45) is 0 Å². The molecule has 0 spiro atoms. The SMILES string of the molecule is O=C(NCc1ccccn1)O[C@@]1(O)CCCN(Cc2cccc(F)c2F)C1=O. The molecule has 1 fully saturated rings. The lowest BCUT2D eigenvalue weighted by Gasteiger charge is -2.37. The summed E-state index contributed by atoms with van der Waals surface area (Å²) in [6, 6.07) is 8.81. The Morgan fingerprint density at radius 1 is 1.29 bits per heavy atom. The molecule has 0 bridgehead atoms. The van der Waals surface area contributed by atoms with E-state index in [0.717, 1.165) is 11.0 Å². The van der Waals surface area contributed by atoms with Gasteiger partial charge in [0.05, 0.1) is 12.2 Å². The van der Waals surface area contributed by atoms with Crippen LogP contribution in [0.4, 0.5) is 13.6 Å². The molecule has 28 heavy (non-hydrogen) atoms. The fraction of sp³-hybridized carbons (Fsp3) is 0.316. The summed E-state index contributed by atoms with van der Waals surface area (Å²) < 4.78 is 32.2. The van der Waals surface area contributed by atoms with Gasteiger partial charge in [0.25, 0.3) is 11.7 Å². The first-order chi connectivity index (χ1) is 13.4. The van der Waals surface area contributed by atoms with Gasteiger partial charge in [-0.05, 0) is 24.6 Å². The predicted molar refractivity (Wildman–Crippen MR) is 93.5 cm³/mol. The van der Waals surface area contributed by atoms with Crippen LogP contribution in [0.2, 0.25) is 0 Å². The second kappa shape index (κ2) is 8.30. The Labute approximate surface area is 159 Å². The summed E-state index contributed by atoms with van der Waals surface area (Å²) >= 11 is 0. The Bertz CT molecular complexity index is 866. The van der Waals surface area contributed by atoms with E-state index in [1.54, 1.807) is 24.4 Å². The summed E-state index contributed by atoms with van der Waals surface area (Å²) in [6.45, 7) is 0.0296. The number of halogens is 2. The third-order valence-corrected chi connectivity index (χ3v) is 4.36. The first kappa shape index (κ1) is 19.7. The second-order valence-corrected chi connectivity index (χ2v) is 6.39. The van der Waals surface area contributed by atoms with Crippen LogP contribution >= 0.6 is 0 Å². The highest BCUT2D eigenvalue weighted by atomic mass is 19.2. The number of amides is 2. The van der Waals surface area contributed by atoms with E-state index in [0.29, 0.717) is 12.1 Å². The van der Waals surface area contributed by atoms with Crippen LogP contribution in [0, 0.1) is 11.6 Å². The maximum atomic E-state index is 13.9. The van der Waals surface area contributed by atoms with Crippen molar-refractivity contribution in [1.29, 1.82) is 0 Å². The minimum Gasteiger partial charge on any atom is -0.407 e. The van der Waals surface area contributed by atoms with Gasteiger partial charge in [0.2, 0.25) is 0 Å². The molecule has 1 aromatic carbocycles. The van der Waals surface area contributed by atoms with Crippen LogP contribution in [0.5, 0.6) is 0 Å². The lowest BCUT2D eigenvalue weighted by atomic mass is 10.0. The van der Waals surface area contributed by atoms with Crippen molar-refractivity contribution < 1.29 is 28.2 Å². The summed E-state index contributed by atoms with van der Waals surface area (Å²) in [7, 11) is 0. The standard InChI is InChI=1S/C19H19F2N3O4/c20-15-7-3-5-13(16(15)21)12-24-10-4-8-19(27,17(24)25)28-18(26)23-11-14-6-1-2-9-22-14/h1-3,5-7,9,27H,4,8,10-12H2,(H,23,26)/t19-/m0/s1. The Morgan fingerprint density at radius 3 is 2.86 bits per heavy atom. The molecule has 2 heterocycles. The number of rotatable bonds is 5. The number of carbonyl (C=O) groups is 2. The molecule has 148 valence electrons. The summed E-state index contributed by atoms with van der Waals surface area (Å²) in [5, 5.41) is 12.9. The third kappa shape index (κ3) is 4.42. The molecule has 0 saturated carbocycles. The molecule has 2 aromatic rings. The van der Waals surface area contributed by atoms with Crippen molar-refractivity contribution in [3.63, 3.8) is 0 Å². The van der Waals surface area contributed by atoms with E-state index in [9.17, 15) is 23.5 Å². The van der Waals surface area contributed by atoms with Crippen molar-refractivity contribution in [1.82, 2.24) is 15.2 Å². The lowest BCUT2D eigenvalue weighted by molar-refractivity contribution is -0.206. The van der Waals surface area contributed by atoms with E-state index in [1.807, 2.05) is 0 Å². The highest BCUT2D eigenvalue weighted by Gasteiger charge is 2.46. The van der Waals surface area contributed by atoms with Crippen LogP contribution in [0.25, 0.3) is 0 Å². The number of nitrogens with one attached hydrogen (secondary N) is 1. The van der Waals surface area contributed by atoms with Crippen molar-refractivity contribution in [2.45, 2.75) is 31.7 Å². The molecular formula is C19H19F2N3O4. The Balaban J connectivity index is 1.63. The molecule has 1 atom stereocenters. The molecule has 1 aliphatic rings. The number of hydrogen-bond donors (Lipinski definition) is 2. The van der Waals surface area contributed by atoms with Gasteiger partial charge in [-0.3, -0.25) is 9.78 Å². The zero-order chi connectivity index (χ0) is 20.1. The number of likely N-dealkylation sites (tertiary alicyclic amines) is 1. The summed E-state index contributed by atoms with van der Waals surface area (Å²) in [5.74, 6) is -5.33. The number of benzene rings is 1. The average Bonchev–Trinajstić information content (AvgIpc) is 2.68. The molecule has 3 rings (SSSR count). The molecule has 1 aliphatic heterocycles. The first-order valence-corrected chi connectivity index (χ1v) is 8.70. The van der Waals surface area contributed by atoms with E-state index in [-0.39, 0.29) is 31.6 Å². The fourth-order valence-corrected chi connectivity index (χ4v) is 2.94. The zero-order valence-electron chi connectivity index (χ0n) is 14.9. The molecule has 9 heteroatoms. The Kier molecular flexibility index (Phi) is 5.84. The van der Waals surface area contributed by atoms with Crippen molar-refractivity contribution >= 4 is 12.0 Å². The average molecular weight is 391 g/mol. The van der Waals surface area contributed by atoms with E-state index in [4.69, 9.17) is 4.74 Å². The van der Waals surface area contributed by atoms with E-state index >= 15 is 0 Å². The summed E-state index contributed by atoms with van der Waals surface area (Å²) in [6.07, 6.45) is 0.807. The number of hydrogen-bond acceptors (Lipinski definition) is 5. The minimum atomic E-state index is -2.36. The molecule has 2 N–H and O–H groups in total. The molecule has 0 unspecified atom stereocenters. The molecular weight excluding hydrogens is 372 g/mol. The molecule has 7 nitrogen and oxygen atoms in total. The lowest BCUT2D eigenvalue weighted by Crippen LogP contribution is -2.56. The van der Waals surface area contributed by atoms with Gasteiger partial charge in [-0.1, -0.05) is 18.2 Å². The number of piperidine rings is 1. The molecule has 1 saturated heterocycles. The maximum Gasteiger partial charge on any atom is 0.410 e. The smallest absolute Gasteiger partial charge is 0.407 e. The molecule has 0 radical (unpaired) electrons. The van der Waals surface area contributed by atoms with Gasteiger partial charge in [-0.15, -0.1) is 0 Å². The van der Waals surface area contributed by atoms with Gasteiger partial charge in [0.15, 0.2) is 11.6 Å². The van der Waals surface area contributed by atoms with Crippen molar-refractivity contribution in [3.8, 4) is 0 Å². The van der Waals surface area contributed by atoms with Crippen LogP contribution in [-0.2, 0) is 22.6 Å². The topological polar surface area (TPSA) is 91.8 Å². The predicted octanol–water partition coefficient (Wildman–Crippen LogP) is 2.10. The van der Waals surface area contributed by atoms with Crippen LogP contribution in [0.1, 0.15) is 24.1 Å². The number of pyridine rings is 1. The normalized spacial score (nSPS) is 19.4. The zero-order valence-corrected chi connectivity index (χ0v) is 14.9. The number of ether oxygens (including phenoxy) is 1. The van der Waals surface area contributed by atoms with Crippen molar-refractivity contribution in [3.05, 3.63) is 65.5 Å². The second-order valence-electron chi connectivity index (χ2n) is 6.39. The third-order valence-electron chi connectivity index (χ3n) is 4.36. The highest BCUT2D eigenvalue weighted by Crippen LogP contribution is 2.26. The van der Waals surface area contributed by atoms with Gasteiger partial charge in [-0.25, -0.2) is 13.6 Å². The molecule has 1 aromatic heterocycles. The molecule has 0 aliphatic carbocycles. The number of aromatic nitrogens is 1. The van der Waals surface area contributed by atoms with Gasteiger partial charge in [0.1, 0.15) is 0 Å². The Hall–Kier alpha value is -3.07. The molecule has 2 amide bonds. The van der Waals surface area contributed by atoms with Crippen LogP contribution in [-0.4, -0.2) is 39.3 Å².